The molecule has 1 aliphatic rings. The molecule has 1 heterocycles. The van der Waals surface area contributed by atoms with Crippen LogP contribution >= 0.6 is 0 Å². The number of nitrogens with zero attached hydrogens (tertiary/aromatic N) is 2. The second-order valence-electron chi connectivity index (χ2n) is 4.53. The molecule has 96 valence electrons. The van der Waals surface area contributed by atoms with E-state index in [2.05, 4.69) is 17.7 Å². The maximum absolute atomic E-state index is 12.2. The van der Waals surface area contributed by atoms with Gasteiger partial charge in [0.25, 0.3) is 0 Å². The average molecular weight is 237 g/mol. The minimum Gasteiger partial charge on any atom is -0.340 e. The topological polar surface area (TPSA) is 49.6 Å². The van der Waals surface area contributed by atoms with Gasteiger partial charge >= 0.3 is 0 Å². The predicted molar refractivity (Wildman–Crippen MR) is 69.3 cm³/mol. The number of piperazine rings is 1. The van der Waals surface area contributed by atoms with Crippen LogP contribution in [0.1, 0.15) is 19.8 Å². The molecule has 0 bridgehead atoms. The molecule has 0 aromatic heterocycles. The number of nitrogens with two attached hydrogens (primary N) is 1. The van der Waals surface area contributed by atoms with Crippen LogP contribution in [0.3, 0.4) is 0 Å². The molecule has 1 aliphatic heterocycles. The van der Waals surface area contributed by atoms with Crippen molar-refractivity contribution in [2.24, 2.45) is 11.7 Å². The van der Waals surface area contributed by atoms with Gasteiger partial charge in [-0.2, -0.15) is 0 Å². The van der Waals surface area contributed by atoms with E-state index in [1.807, 2.05) is 4.90 Å². The number of rotatable bonds is 5. The van der Waals surface area contributed by atoms with Crippen molar-refractivity contribution in [3.63, 3.8) is 0 Å². The first kappa shape index (κ1) is 14.0. The zero-order chi connectivity index (χ0) is 12.7. The van der Waals surface area contributed by atoms with Crippen molar-refractivity contribution in [1.82, 2.24) is 9.80 Å². The molecule has 17 heavy (non-hydrogen) atoms. The van der Waals surface area contributed by atoms with Crippen molar-refractivity contribution in [1.29, 1.82) is 0 Å². The lowest BCUT2D eigenvalue weighted by atomic mass is 10.0. The zero-order valence-corrected chi connectivity index (χ0v) is 10.7. The molecule has 0 aromatic carbocycles. The minimum absolute atomic E-state index is 0.000756. The lowest BCUT2D eigenvalue weighted by Crippen LogP contribution is -2.51. The van der Waals surface area contributed by atoms with Crippen molar-refractivity contribution in [2.75, 3.05) is 39.3 Å². The van der Waals surface area contributed by atoms with Crippen molar-refractivity contribution in [3.8, 4) is 12.3 Å². The summed E-state index contributed by atoms with van der Waals surface area (Å²) >= 11 is 0. The third-order valence-corrected chi connectivity index (χ3v) is 3.27. The summed E-state index contributed by atoms with van der Waals surface area (Å²) in [5, 5.41) is 0. The predicted octanol–water partition coefficient (Wildman–Crippen LogP) is 0.139. The van der Waals surface area contributed by atoms with Crippen molar-refractivity contribution >= 4 is 5.91 Å². The number of terminal acetylenes is 1. The van der Waals surface area contributed by atoms with E-state index in [1.54, 1.807) is 0 Å². The standard InChI is InChI=1S/C13H23N3O/c1-3-5-12(11-14)13(17)16-9-7-15(6-4-2)8-10-16/h2,12H,3,5-11,14H2,1H3. The molecule has 0 spiro atoms. The lowest BCUT2D eigenvalue weighted by Gasteiger charge is -2.35. The summed E-state index contributed by atoms with van der Waals surface area (Å²) in [7, 11) is 0. The maximum atomic E-state index is 12.2. The van der Waals surface area contributed by atoms with Crippen molar-refractivity contribution in [2.45, 2.75) is 19.8 Å². The molecule has 0 aromatic rings. The van der Waals surface area contributed by atoms with Gasteiger partial charge in [0.2, 0.25) is 5.91 Å². The van der Waals surface area contributed by atoms with Gasteiger partial charge in [0.05, 0.1) is 12.5 Å². The fourth-order valence-corrected chi connectivity index (χ4v) is 2.20. The Morgan fingerprint density at radius 1 is 1.41 bits per heavy atom. The first-order valence-corrected chi connectivity index (χ1v) is 6.37. The van der Waals surface area contributed by atoms with Crippen LogP contribution in [0.2, 0.25) is 0 Å². The normalized spacial score (nSPS) is 18.8. The van der Waals surface area contributed by atoms with Gasteiger partial charge in [0, 0.05) is 32.7 Å². The number of amides is 1. The fourth-order valence-electron chi connectivity index (χ4n) is 2.20. The average Bonchev–Trinajstić information content (AvgIpc) is 2.36. The van der Waals surface area contributed by atoms with Crippen LogP contribution in [0.4, 0.5) is 0 Å². The second-order valence-corrected chi connectivity index (χ2v) is 4.53. The molecule has 1 saturated heterocycles. The van der Waals surface area contributed by atoms with Crippen LogP contribution in [0.15, 0.2) is 0 Å². The summed E-state index contributed by atoms with van der Waals surface area (Å²) in [5.41, 5.74) is 5.66. The Balaban J connectivity index is 2.42. The zero-order valence-electron chi connectivity index (χ0n) is 10.7. The summed E-state index contributed by atoms with van der Waals surface area (Å²) in [4.78, 5) is 16.3. The highest BCUT2D eigenvalue weighted by atomic mass is 16.2. The van der Waals surface area contributed by atoms with Gasteiger partial charge in [-0.25, -0.2) is 0 Å². The van der Waals surface area contributed by atoms with E-state index in [9.17, 15) is 4.79 Å². The first-order chi connectivity index (χ1) is 8.22. The molecular formula is C13H23N3O. The van der Waals surface area contributed by atoms with Crippen LogP contribution in [0.25, 0.3) is 0 Å². The SMILES string of the molecule is C#CCN1CCN(C(=O)C(CN)CCC)CC1. The van der Waals surface area contributed by atoms with E-state index < -0.39 is 0 Å². The molecule has 4 nitrogen and oxygen atoms in total. The van der Waals surface area contributed by atoms with Crippen LogP contribution in [-0.4, -0.2) is 55.0 Å². The van der Waals surface area contributed by atoms with E-state index in [4.69, 9.17) is 12.2 Å². The summed E-state index contributed by atoms with van der Waals surface area (Å²) in [6, 6.07) is 0. The molecule has 1 fully saturated rings. The van der Waals surface area contributed by atoms with Crippen molar-refractivity contribution < 1.29 is 4.79 Å². The molecule has 1 unspecified atom stereocenters. The molecule has 1 rings (SSSR count). The Morgan fingerprint density at radius 2 is 2.06 bits per heavy atom. The second kappa shape index (κ2) is 7.31. The van der Waals surface area contributed by atoms with E-state index in [-0.39, 0.29) is 11.8 Å². The maximum Gasteiger partial charge on any atom is 0.227 e. The third kappa shape index (κ3) is 4.03. The summed E-state index contributed by atoms with van der Waals surface area (Å²) in [6.07, 6.45) is 7.17. The quantitative estimate of drug-likeness (QED) is 0.692. The number of carbonyl (C=O) groups excluding carboxylic acids is 1. The van der Waals surface area contributed by atoms with Gasteiger partial charge in [-0.1, -0.05) is 19.3 Å². The van der Waals surface area contributed by atoms with Crippen LogP contribution < -0.4 is 5.73 Å². The molecule has 1 amide bonds. The molecule has 0 aliphatic carbocycles. The molecular weight excluding hydrogens is 214 g/mol. The van der Waals surface area contributed by atoms with Gasteiger partial charge in [0.15, 0.2) is 0 Å². The summed E-state index contributed by atoms with van der Waals surface area (Å²) in [6.45, 7) is 6.52. The van der Waals surface area contributed by atoms with Gasteiger partial charge in [-0.3, -0.25) is 9.69 Å². The van der Waals surface area contributed by atoms with Gasteiger partial charge < -0.3 is 10.6 Å². The van der Waals surface area contributed by atoms with E-state index in [1.165, 1.54) is 0 Å². The Labute approximate surface area is 104 Å². The van der Waals surface area contributed by atoms with Gasteiger partial charge in [-0.15, -0.1) is 6.42 Å². The Morgan fingerprint density at radius 3 is 2.53 bits per heavy atom. The Kier molecular flexibility index (Phi) is 6.03. The van der Waals surface area contributed by atoms with Crippen LogP contribution in [-0.2, 0) is 4.79 Å². The number of carbonyl (C=O) groups is 1. The highest BCUT2D eigenvalue weighted by Gasteiger charge is 2.25. The fraction of sp³-hybridized carbons (Fsp3) is 0.769. The van der Waals surface area contributed by atoms with Gasteiger partial charge in [0.1, 0.15) is 0 Å². The molecule has 0 saturated carbocycles. The summed E-state index contributed by atoms with van der Waals surface area (Å²) < 4.78 is 0. The molecule has 4 heteroatoms. The van der Waals surface area contributed by atoms with E-state index in [0.29, 0.717) is 13.1 Å². The first-order valence-electron chi connectivity index (χ1n) is 6.37. The number of hydrogen-bond donors (Lipinski definition) is 1. The van der Waals surface area contributed by atoms with Crippen LogP contribution in [0, 0.1) is 18.3 Å². The van der Waals surface area contributed by atoms with E-state index in [0.717, 1.165) is 39.0 Å². The Bertz CT molecular complexity index is 277. The van der Waals surface area contributed by atoms with E-state index >= 15 is 0 Å². The molecule has 0 radical (unpaired) electrons. The van der Waals surface area contributed by atoms with Crippen molar-refractivity contribution in [3.05, 3.63) is 0 Å². The minimum atomic E-state index is -0.000756. The van der Waals surface area contributed by atoms with Gasteiger partial charge in [-0.05, 0) is 6.42 Å². The summed E-state index contributed by atoms with van der Waals surface area (Å²) in [5.74, 6) is 2.85. The highest BCUT2D eigenvalue weighted by molar-refractivity contribution is 5.79. The molecule has 1 atom stereocenters. The highest BCUT2D eigenvalue weighted by Crippen LogP contribution is 2.11. The molecule has 2 N–H and O–H groups in total. The number of hydrogen-bond acceptors (Lipinski definition) is 3. The third-order valence-electron chi connectivity index (χ3n) is 3.27. The van der Waals surface area contributed by atoms with Crippen LogP contribution in [0.5, 0.6) is 0 Å². The Hall–Kier alpha value is -1.05. The monoisotopic (exact) mass is 237 g/mol. The largest absolute Gasteiger partial charge is 0.340 e. The smallest absolute Gasteiger partial charge is 0.227 e. The lowest BCUT2D eigenvalue weighted by molar-refractivity contribution is -0.137.